The molecule has 1 heterocycles. The zero-order valence-electron chi connectivity index (χ0n) is 10.9. The van der Waals surface area contributed by atoms with E-state index in [9.17, 15) is 0 Å². The number of nitrogens with zero attached hydrogens (tertiary/aromatic N) is 2. The molecular formula is C14H17BrN4. The Morgan fingerprint density at radius 3 is 2.42 bits per heavy atom. The second-order valence-corrected chi connectivity index (χ2v) is 5.11. The van der Waals surface area contributed by atoms with Crippen molar-refractivity contribution in [3.63, 3.8) is 0 Å². The lowest BCUT2D eigenvalue weighted by Gasteiger charge is -2.08. The average molecular weight is 321 g/mol. The molecule has 1 aromatic heterocycles. The first kappa shape index (κ1) is 13.8. The lowest BCUT2D eigenvalue weighted by Crippen LogP contribution is -2.06. The van der Waals surface area contributed by atoms with Gasteiger partial charge in [-0.2, -0.15) is 0 Å². The number of benzene rings is 1. The number of aromatic nitrogens is 2. The summed E-state index contributed by atoms with van der Waals surface area (Å²) in [7, 11) is 0. The minimum absolute atomic E-state index is 0.735. The van der Waals surface area contributed by atoms with Crippen molar-refractivity contribution in [2.75, 3.05) is 17.2 Å². The molecule has 0 saturated carbocycles. The summed E-state index contributed by atoms with van der Waals surface area (Å²) in [6, 6.07) is 8.21. The zero-order valence-corrected chi connectivity index (χ0v) is 12.4. The standard InChI is InChI=1S/C14H17BrN4/c1-2-7-17-13-9-16-10-14(19-13)18-8-11-3-5-12(15)6-4-11/h3-6,9-10H,2,7-8H2,1H3,(H2,17,18,19). The quantitative estimate of drug-likeness (QED) is 0.852. The van der Waals surface area contributed by atoms with Crippen LogP contribution in [-0.4, -0.2) is 16.5 Å². The first-order chi connectivity index (χ1) is 9.28. The minimum atomic E-state index is 0.735. The Morgan fingerprint density at radius 1 is 1.05 bits per heavy atom. The van der Waals surface area contributed by atoms with Gasteiger partial charge in [-0.25, -0.2) is 4.98 Å². The van der Waals surface area contributed by atoms with Crippen LogP contribution in [0, 0.1) is 0 Å². The first-order valence-corrected chi connectivity index (χ1v) is 7.11. The molecule has 0 unspecified atom stereocenters. The molecule has 0 radical (unpaired) electrons. The highest BCUT2D eigenvalue weighted by molar-refractivity contribution is 9.10. The summed E-state index contributed by atoms with van der Waals surface area (Å²) >= 11 is 3.42. The molecule has 0 amide bonds. The molecule has 0 spiro atoms. The third kappa shape index (κ3) is 4.52. The van der Waals surface area contributed by atoms with E-state index in [1.54, 1.807) is 12.4 Å². The number of hydrogen-bond acceptors (Lipinski definition) is 4. The van der Waals surface area contributed by atoms with E-state index in [1.165, 1.54) is 5.56 Å². The molecule has 0 aliphatic heterocycles. The van der Waals surface area contributed by atoms with Gasteiger partial charge in [-0.15, -0.1) is 0 Å². The largest absolute Gasteiger partial charge is 0.369 e. The van der Waals surface area contributed by atoms with Crippen LogP contribution < -0.4 is 10.6 Å². The van der Waals surface area contributed by atoms with Crippen LogP contribution in [0.4, 0.5) is 11.6 Å². The highest BCUT2D eigenvalue weighted by Crippen LogP contribution is 2.12. The molecule has 1 aromatic carbocycles. The summed E-state index contributed by atoms with van der Waals surface area (Å²) in [4.78, 5) is 8.62. The number of rotatable bonds is 6. The molecular weight excluding hydrogens is 304 g/mol. The predicted molar refractivity (Wildman–Crippen MR) is 82.3 cm³/mol. The van der Waals surface area contributed by atoms with Crippen molar-refractivity contribution in [3.05, 3.63) is 46.7 Å². The monoisotopic (exact) mass is 320 g/mol. The van der Waals surface area contributed by atoms with Crippen molar-refractivity contribution in [2.24, 2.45) is 0 Å². The summed E-state index contributed by atoms with van der Waals surface area (Å²) < 4.78 is 1.09. The van der Waals surface area contributed by atoms with Crippen molar-refractivity contribution < 1.29 is 0 Å². The van der Waals surface area contributed by atoms with Gasteiger partial charge in [0.05, 0.1) is 12.4 Å². The van der Waals surface area contributed by atoms with Gasteiger partial charge in [-0.1, -0.05) is 35.0 Å². The van der Waals surface area contributed by atoms with Crippen LogP contribution in [0.3, 0.4) is 0 Å². The Balaban J connectivity index is 1.93. The molecule has 0 aliphatic carbocycles. The van der Waals surface area contributed by atoms with Crippen LogP contribution in [0.1, 0.15) is 18.9 Å². The van der Waals surface area contributed by atoms with Crippen LogP contribution in [0.15, 0.2) is 41.1 Å². The van der Waals surface area contributed by atoms with Crippen molar-refractivity contribution >= 4 is 27.6 Å². The molecule has 0 bridgehead atoms. The summed E-state index contributed by atoms with van der Waals surface area (Å²) in [5, 5.41) is 6.49. The van der Waals surface area contributed by atoms with E-state index < -0.39 is 0 Å². The average Bonchev–Trinajstić information content (AvgIpc) is 2.45. The highest BCUT2D eigenvalue weighted by atomic mass is 79.9. The molecule has 2 rings (SSSR count). The molecule has 100 valence electrons. The summed E-state index contributed by atoms with van der Waals surface area (Å²) in [5.74, 6) is 1.59. The molecule has 0 fully saturated rings. The van der Waals surface area contributed by atoms with Gasteiger partial charge in [0.1, 0.15) is 11.6 Å². The third-order valence-corrected chi connectivity index (χ3v) is 3.11. The van der Waals surface area contributed by atoms with Gasteiger partial charge in [-0.05, 0) is 24.1 Å². The van der Waals surface area contributed by atoms with E-state index in [4.69, 9.17) is 0 Å². The van der Waals surface area contributed by atoms with Crippen molar-refractivity contribution in [2.45, 2.75) is 19.9 Å². The van der Waals surface area contributed by atoms with Crippen molar-refractivity contribution in [1.29, 1.82) is 0 Å². The Labute approximate surface area is 121 Å². The Kier molecular flexibility index (Phi) is 5.15. The molecule has 2 aromatic rings. The number of nitrogens with one attached hydrogen (secondary N) is 2. The molecule has 4 nitrogen and oxygen atoms in total. The minimum Gasteiger partial charge on any atom is -0.369 e. The van der Waals surface area contributed by atoms with Gasteiger partial charge in [0, 0.05) is 17.6 Å². The Morgan fingerprint density at radius 2 is 1.74 bits per heavy atom. The van der Waals surface area contributed by atoms with Gasteiger partial charge in [0.25, 0.3) is 0 Å². The van der Waals surface area contributed by atoms with Crippen LogP contribution in [0.25, 0.3) is 0 Å². The van der Waals surface area contributed by atoms with E-state index in [2.05, 4.69) is 55.6 Å². The molecule has 0 atom stereocenters. The topological polar surface area (TPSA) is 49.8 Å². The molecule has 0 saturated heterocycles. The molecule has 0 aliphatic rings. The van der Waals surface area contributed by atoms with E-state index >= 15 is 0 Å². The number of hydrogen-bond donors (Lipinski definition) is 2. The second kappa shape index (κ2) is 7.09. The Bertz CT molecular complexity index is 513. The van der Waals surface area contributed by atoms with Crippen LogP contribution in [0.5, 0.6) is 0 Å². The lowest BCUT2D eigenvalue weighted by atomic mass is 10.2. The van der Waals surface area contributed by atoms with Crippen LogP contribution in [-0.2, 0) is 6.54 Å². The Hall–Kier alpha value is -1.62. The maximum atomic E-state index is 4.45. The van der Waals surface area contributed by atoms with Crippen molar-refractivity contribution in [1.82, 2.24) is 9.97 Å². The summed E-state index contributed by atoms with van der Waals surface area (Å²) in [5.41, 5.74) is 1.21. The smallest absolute Gasteiger partial charge is 0.147 e. The van der Waals surface area contributed by atoms with E-state index in [0.717, 1.165) is 35.6 Å². The van der Waals surface area contributed by atoms with Crippen molar-refractivity contribution in [3.8, 4) is 0 Å². The first-order valence-electron chi connectivity index (χ1n) is 6.32. The van der Waals surface area contributed by atoms with Gasteiger partial charge in [0.15, 0.2) is 0 Å². The maximum Gasteiger partial charge on any atom is 0.147 e. The zero-order chi connectivity index (χ0) is 13.5. The van der Waals surface area contributed by atoms with Gasteiger partial charge in [-0.3, -0.25) is 4.98 Å². The fourth-order valence-electron chi connectivity index (χ4n) is 1.58. The van der Waals surface area contributed by atoms with Gasteiger partial charge < -0.3 is 10.6 Å². The SMILES string of the molecule is CCCNc1cncc(NCc2ccc(Br)cc2)n1. The van der Waals surface area contributed by atoms with Gasteiger partial charge in [0.2, 0.25) is 0 Å². The fraction of sp³-hybridized carbons (Fsp3) is 0.286. The number of anilines is 2. The highest BCUT2D eigenvalue weighted by Gasteiger charge is 1.98. The van der Waals surface area contributed by atoms with Crippen LogP contribution >= 0.6 is 15.9 Å². The molecule has 19 heavy (non-hydrogen) atoms. The molecule has 5 heteroatoms. The lowest BCUT2D eigenvalue weighted by molar-refractivity contribution is 0.962. The summed E-state index contributed by atoms with van der Waals surface area (Å²) in [6.07, 6.45) is 4.54. The second-order valence-electron chi connectivity index (χ2n) is 4.20. The van der Waals surface area contributed by atoms with E-state index in [0.29, 0.717) is 0 Å². The predicted octanol–water partition coefficient (Wildman–Crippen LogP) is 3.67. The number of halogens is 1. The maximum absolute atomic E-state index is 4.45. The van der Waals surface area contributed by atoms with Gasteiger partial charge >= 0.3 is 0 Å². The summed E-state index contributed by atoms with van der Waals surface area (Å²) in [6.45, 7) is 3.76. The van der Waals surface area contributed by atoms with E-state index in [-0.39, 0.29) is 0 Å². The fourth-order valence-corrected chi connectivity index (χ4v) is 1.85. The normalized spacial score (nSPS) is 10.2. The van der Waals surface area contributed by atoms with E-state index in [1.807, 2.05) is 12.1 Å². The van der Waals surface area contributed by atoms with Crippen LogP contribution in [0.2, 0.25) is 0 Å². The molecule has 2 N–H and O–H groups in total. The third-order valence-electron chi connectivity index (χ3n) is 2.58.